The summed E-state index contributed by atoms with van der Waals surface area (Å²) in [5.74, 6) is 0. The highest BCUT2D eigenvalue weighted by molar-refractivity contribution is 7.89. The third-order valence-electron chi connectivity index (χ3n) is 2.70. The minimum absolute atomic E-state index is 0.224. The number of rotatable bonds is 9. The van der Waals surface area contributed by atoms with E-state index in [-0.39, 0.29) is 10.9 Å². The van der Waals surface area contributed by atoms with Gasteiger partial charge >= 0.3 is 0 Å². The van der Waals surface area contributed by atoms with E-state index in [9.17, 15) is 8.42 Å². The number of nitrogens with one attached hydrogen (secondary N) is 3. The van der Waals surface area contributed by atoms with Crippen LogP contribution in [-0.2, 0) is 21.3 Å². The predicted molar refractivity (Wildman–Crippen MR) is 77.0 cm³/mol. The topological polar surface area (TPSA) is 96.1 Å². The number of aromatic nitrogens is 2. The summed E-state index contributed by atoms with van der Waals surface area (Å²) in [4.78, 5) is 0.224. The number of aromatic amines is 1. The molecule has 1 atom stereocenters. The van der Waals surface area contributed by atoms with Crippen LogP contribution in [-0.4, -0.2) is 44.4 Å². The molecule has 3 N–H and O–H groups in total. The summed E-state index contributed by atoms with van der Waals surface area (Å²) in [7, 11) is -3.60. The van der Waals surface area contributed by atoms with Crippen LogP contribution in [0, 0.1) is 6.92 Å². The van der Waals surface area contributed by atoms with Gasteiger partial charge in [-0.25, -0.2) is 13.1 Å². The smallest absolute Gasteiger partial charge is 0.244 e. The van der Waals surface area contributed by atoms with Gasteiger partial charge in [-0.15, -0.1) is 0 Å². The van der Waals surface area contributed by atoms with Crippen molar-refractivity contribution in [2.75, 3.05) is 19.8 Å². The Morgan fingerprint density at radius 3 is 2.70 bits per heavy atom. The minimum atomic E-state index is -3.60. The monoisotopic (exact) mass is 304 g/mol. The van der Waals surface area contributed by atoms with Crippen molar-refractivity contribution in [1.29, 1.82) is 0 Å². The van der Waals surface area contributed by atoms with E-state index in [1.165, 1.54) is 0 Å². The molecule has 0 bridgehead atoms. The molecule has 0 aliphatic rings. The van der Waals surface area contributed by atoms with Crippen molar-refractivity contribution >= 4 is 10.0 Å². The Morgan fingerprint density at radius 1 is 1.40 bits per heavy atom. The molecule has 0 fully saturated rings. The number of nitrogens with zero attached hydrogens (tertiary/aromatic N) is 1. The maximum absolute atomic E-state index is 12.4. The fourth-order valence-corrected chi connectivity index (χ4v) is 3.43. The quantitative estimate of drug-likeness (QED) is 0.618. The molecule has 116 valence electrons. The molecule has 1 rings (SSSR count). The van der Waals surface area contributed by atoms with Crippen LogP contribution in [0.1, 0.15) is 32.2 Å². The van der Waals surface area contributed by atoms with Gasteiger partial charge in [0.25, 0.3) is 0 Å². The SMILES string of the molecule is CCNCc1n[nH]c(C)c1S(=O)(=O)NC(C)COCC. The highest BCUT2D eigenvalue weighted by atomic mass is 32.2. The summed E-state index contributed by atoms with van der Waals surface area (Å²) in [6.07, 6.45) is 0. The average molecular weight is 304 g/mol. The van der Waals surface area contributed by atoms with Crippen molar-refractivity contribution in [2.24, 2.45) is 0 Å². The molecule has 0 aliphatic heterocycles. The number of hydrogen-bond donors (Lipinski definition) is 3. The van der Waals surface area contributed by atoms with Crippen LogP contribution >= 0.6 is 0 Å². The van der Waals surface area contributed by atoms with E-state index in [0.717, 1.165) is 6.54 Å². The molecule has 1 aromatic rings. The first-order chi connectivity index (χ1) is 9.42. The molecule has 1 aromatic heterocycles. The minimum Gasteiger partial charge on any atom is -0.380 e. The van der Waals surface area contributed by atoms with Crippen LogP contribution in [0.15, 0.2) is 4.90 Å². The lowest BCUT2D eigenvalue weighted by Crippen LogP contribution is -2.36. The molecule has 7 nitrogen and oxygen atoms in total. The summed E-state index contributed by atoms with van der Waals surface area (Å²) in [5, 5.41) is 9.86. The van der Waals surface area contributed by atoms with Crippen LogP contribution < -0.4 is 10.0 Å². The molecule has 1 unspecified atom stereocenters. The second-order valence-corrected chi connectivity index (χ2v) is 6.24. The third-order valence-corrected chi connectivity index (χ3v) is 4.49. The predicted octanol–water partition coefficient (Wildman–Crippen LogP) is 0.531. The summed E-state index contributed by atoms with van der Waals surface area (Å²) in [6.45, 7) is 9.36. The molecule has 0 radical (unpaired) electrons. The molecule has 0 aliphatic carbocycles. The molecular formula is C12H24N4O3S. The lowest BCUT2D eigenvalue weighted by Gasteiger charge is -2.14. The first kappa shape index (κ1) is 17.1. The van der Waals surface area contributed by atoms with Crippen molar-refractivity contribution < 1.29 is 13.2 Å². The summed E-state index contributed by atoms with van der Waals surface area (Å²) in [6, 6.07) is -0.291. The number of hydrogen-bond acceptors (Lipinski definition) is 5. The zero-order valence-corrected chi connectivity index (χ0v) is 13.3. The highest BCUT2D eigenvalue weighted by Crippen LogP contribution is 2.17. The highest BCUT2D eigenvalue weighted by Gasteiger charge is 2.25. The first-order valence-electron chi connectivity index (χ1n) is 6.77. The van der Waals surface area contributed by atoms with Crippen LogP contribution in [0.4, 0.5) is 0 Å². The Morgan fingerprint density at radius 2 is 2.10 bits per heavy atom. The van der Waals surface area contributed by atoms with E-state index in [1.54, 1.807) is 13.8 Å². The second-order valence-electron chi connectivity index (χ2n) is 4.59. The van der Waals surface area contributed by atoms with E-state index in [4.69, 9.17) is 4.74 Å². The fourth-order valence-electron chi connectivity index (χ4n) is 1.84. The molecule has 20 heavy (non-hydrogen) atoms. The Balaban J connectivity index is 2.88. The number of sulfonamides is 1. The van der Waals surface area contributed by atoms with Crippen LogP contribution in [0.25, 0.3) is 0 Å². The molecule has 0 saturated heterocycles. The second kappa shape index (κ2) is 7.72. The molecule has 0 amide bonds. The van der Waals surface area contributed by atoms with Crippen LogP contribution in [0.5, 0.6) is 0 Å². The van der Waals surface area contributed by atoms with Gasteiger partial charge in [-0.3, -0.25) is 5.10 Å². The van der Waals surface area contributed by atoms with Crippen molar-refractivity contribution in [3.05, 3.63) is 11.4 Å². The van der Waals surface area contributed by atoms with Gasteiger partial charge in [0.1, 0.15) is 4.90 Å². The molecule has 8 heteroatoms. The Kier molecular flexibility index (Phi) is 6.60. The van der Waals surface area contributed by atoms with Gasteiger partial charge in [-0.1, -0.05) is 6.92 Å². The van der Waals surface area contributed by atoms with E-state index in [2.05, 4.69) is 20.2 Å². The first-order valence-corrected chi connectivity index (χ1v) is 8.25. The van der Waals surface area contributed by atoms with Gasteiger partial charge < -0.3 is 10.1 Å². The van der Waals surface area contributed by atoms with Gasteiger partial charge in [0.2, 0.25) is 10.0 Å². The summed E-state index contributed by atoms with van der Waals surface area (Å²) >= 11 is 0. The number of aryl methyl sites for hydroxylation is 1. The van der Waals surface area contributed by atoms with Gasteiger partial charge in [0, 0.05) is 19.2 Å². The maximum atomic E-state index is 12.4. The average Bonchev–Trinajstić information content (AvgIpc) is 2.75. The Labute approximate surface area is 120 Å². The van der Waals surface area contributed by atoms with Gasteiger partial charge in [-0.05, 0) is 27.3 Å². The van der Waals surface area contributed by atoms with Gasteiger partial charge in [-0.2, -0.15) is 5.10 Å². The number of H-pyrrole nitrogens is 1. The van der Waals surface area contributed by atoms with Crippen LogP contribution in [0.3, 0.4) is 0 Å². The molecule has 1 heterocycles. The van der Waals surface area contributed by atoms with E-state index in [1.807, 2.05) is 13.8 Å². The van der Waals surface area contributed by atoms with Gasteiger partial charge in [0.05, 0.1) is 18.0 Å². The van der Waals surface area contributed by atoms with E-state index in [0.29, 0.717) is 31.1 Å². The molecular weight excluding hydrogens is 280 g/mol. The molecule has 0 spiro atoms. The fraction of sp³-hybridized carbons (Fsp3) is 0.750. The van der Waals surface area contributed by atoms with E-state index < -0.39 is 10.0 Å². The Bertz CT molecular complexity index is 513. The molecule has 0 saturated carbocycles. The zero-order valence-electron chi connectivity index (χ0n) is 12.5. The largest absolute Gasteiger partial charge is 0.380 e. The Hall–Kier alpha value is -0.960. The van der Waals surface area contributed by atoms with Crippen molar-refractivity contribution in [3.8, 4) is 0 Å². The lowest BCUT2D eigenvalue weighted by atomic mass is 10.3. The lowest BCUT2D eigenvalue weighted by molar-refractivity contribution is 0.133. The third kappa shape index (κ3) is 4.55. The van der Waals surface area contributed by atoms with Crippen LogP contribution in [0.2, 0.25) is 0 Å². The normalized spacial score (nSPS) is 13.6. The standard InChI is InChI=1S/C12H24N4O3S/c1-5-13-7-11-12(10(4)14-15-11)20(17,18)16-9(3)8-19-6-2/h9,13,16H,5-8H2,1-4H3,(H,14,15). The van der Waals surface area contributed by atoms with Gasteiger partial charge in [0.15, 0.2) is 0 Å². The maximum Gasteiger partial charge on any atom is 0.244 e. The zero-order chi connectivity index (χ0) is 15.2. The van der Waals surface area contributed by atoms with E-state index >= 15 is 0 Å². The van der Waals surface area contributed by atoms with Crippen molar-refractivity contribution in [3.63, 3.8) is 0 Å². The van der Waals surface area contributed by atoms with Crippen molar-refractivity contribution in [1.82, 2.24) is 20.2 Å². The van der Waals surface area contributed by atoms with Crippen molar-refractivity contribution in [2.45, 2.75) is 45.2 Å². The summed E-state index contributed by atoms with van der Waals surface area (Å²) < 4.78 is 32.7. The number of ether oxygens (including phenoxy) is 1. The molecule has 0 aromatic carbocycles. The summed E-state index contributed by atoms with van der Waals surface area (Å²) in [5.41, 5.74) is 1.04.